The molecule has 0 aliphatic heterocycles. The molecule has 11 heavy (non-hydrogen) atoms. The van der Waals surface area contributed by atoms with E-state index in [1.54, 1.807) is 31.1 Å². The molecule has 0 saturated heterocycles. The third-order valence-electron chi connectivity index (χ3n) is 1.13. The highest BCUT2D eigenvalue weighted by Gasteiger charge is 1.96. The number of nitrogens with zero attached hydrogens (tertiary/aromatic N) is 1. The second-order valence-electron chi connectivity index (χ2n) is 2.35. The Morgan fingerprint density at radius 3 is 3.09 bits per heavy atom. The molecule has 1 aromatic rings. The Morgan fingerprint density at radius 2 is 2.55 bits per heavy atom. The molecule has 0 spiro atoms. The molecule has 1 heterocycles. The summed E-state index contributed by atoms with van der Waals surface area (Å²) in [6, 6.07) is 3.88. The minimum Gasteiger partial charge on any atom is -0.393 e. The first kappa shape index (κ1) is 8.56. The maximum absolute atomic E-state index is 8.97. The van der Waals surface area contributed by atoms with Gasteiger partial charge in [0.15, 0.2) is 0 Å². The fourth-order valence-corrected chi connectivity index (χ4v) is 1.39. The van der Waals surface area contributed by atoms with Crippen molar-refractivity contribution in [1.82, 2.24) is 4.98 Å². The second-order valence-corrected chi connectivity index (χ2v) is 3.44. The molecular weight excluding hydrogens is 158 g/mol. The standard InChI is InChI=1S/C8H11NOS/c1-7(10)6-11-8-3-2-4-9-5-8/h2-5,7,10H,6H2,1H3. The largest absolute Gasteiger partial charge is 0.393 e. The Morgan fingerprint density at radius 1 is 1.73 bits per heavy atom. The third-order valence-corrected chi connectivity index (χ3v) is 2.35. The smallest absolute Gasteiger partial charge is 0.0606 e. The van der Waals surface area contributed by atoms with Crippen molar-refractivity contribution in [1.29, 1.82) is 0 Å². The van der Waals surface area contributed by atoms with Crippen LogP contribution in [0.2, 0.25) is 0 Å². The topological polar surface area (TPSA) is 33.1 Å². The number of thioether (sulfide) groups is 1. The summed E-state index contributed by atoms with van der Waals surface area (Å²) in [6.45, 7) is 1.78. The van der Waals surface area contributed by atoms with E-state index >= 15 is 0 Å². The summed E-state index contributed by atoms with van der Waals surface area (Å²) < 4.78 is 0. The Hall–Kier alpha value is -0.540. The van der Waals surface area contributed by atoms with Gasteiger partial charge in [0.1, 0.15) is 0 Å². The SMILES string of the molecule is CC(O)CSc1cccnc1. The first-order chi connectivity index (χ1) is 5.29. The molecular formula is C8H11NOS. The number of aromatic nitrogens is 1. The Kier molecular flexibility index (Phi) is 3.39. The fraction of sp³-hybridized carbons (Fsp3) is 0.375. The lowest BCUT2D eigenvalue weighted by Gasteiger charge is -2.01. The third kappa shape index (κ3) is 3.39. The molecule has 1 N–H and O–H groups in total. The monoisotopic (exact) mass is 169 g/mol. The quantitative estimate of drug-likeness (QED) is 0.697. The summed E-state index contributed by atoms with van der Waals surface area (Å²) >= 11 is 1.62. The van der Waals surface area contributed by atoms with Crippen molar-refractivity contribution >= 4 is 11.8 Å². The van der Waals surface area contributed by atoms with E-state index in [9.17, 15) is 0 Å². The van der Waals surface area contributed by atoms with Gasteiger partial charge in [0, 0.05) is 23.0 Å². The van der Waals surface area contributed by atoms with E-state index in [0.29, 0.717) is 0 Å². The minimum atomic E-state index is -0.250. The zero-order valence-electron chi connectivity index (χ0n) is 6.40. The molecule has 0 bridgehead atoms. The van der Waals surface area contributed by atoms with E-state index in [0.717, 1.165) is 10.6 Å². The van der Waals surface area contributed by atoms with Gasteiger partial charge in [0.2, 0.25) is 0 Å². The van der Waals surface area contributed by atoms with E-state index in [-0.39, 0.29) is 6.10 Å². The van der Waals surface area contributed by atoms with Gasteiger partial charge in [-0.2, -0.15) is 0 Å². The van der Waals surface area contributed by atoms with Crippen LogP contribution in [0.3, 0.4) is 0 Å². The number of aliphatic hydroxyl groups is 1. The van der Waals surface area contributed by atoms with E-state index in [1.807, 2.05) is 12.1 Å². The normalized spacial score (nSPS) is 12.9. The maximum atomic E-state index is 8.97. The van der Waals surface area contributed by atoms with Crippen LogP contribution in [0.5, 0.6) is 0 Å². The van der Waals surface area contributed by atoms with Crippen LogP contribution in [0.1, 0.15) is 6.92 Å². The Balaban J connectivity index is 2.39. The fourth-order valence-electron chi connectivity index (χ4n) is 0.649. The van der Waals surface area contributed by atoms with Crippen LogP contribution in [0.4, 0.5) is 0 Å². The minimum absolute atomic E-state index is 0.250. The van der Waals surface area contributed by atoms with Crippen LogP contribution in [-0.4, -0.2) is 21.9 Å². The first-order valence-corrected chi connectivity index (χ1v) is 4.48. The van der Waals surface area contributed by atoms with Crippen molar-refractivity contribution < 1.29 is 5.11 Å². The lowest BCUT2D eigenvalue weighted by atomic mass is 10.5. The molecule has 0 aromatic carbocycles. The van der Waals surface area contributed by atoms with Gasteiger partial charge in [0.25, 0.3) is 0 Å². The highest BCUT2D eigenvalue weighted by Crippen LogP contribution is 2.16. The van der Waals surface area contributed by atoms with Crippen molar-refractivity contribution in [2.24, 2.45) is 0 Å². The molecule has 2 nitrogen and oxygen atoms in total. The van der Waals surface area contributed by atoms with Gasteiger partial charge < -0.3 is 5.11 Å². The van der Waals surface area contributed by atoms with E-state index < -0.39 is 0 Å². The Labute approximate surface area is 70.7 Å². The van der Waals surface area contributed by atoms with Gasteiger partial charge >= 0.3 is 0 Å². The van der Waals surface area contributed by atoms with Crippen molar-refractivity contribution in [3.05, 3.63) is 24.5 Å². The van der Waals surface area contributed by atoms with E-state index in [1.165, 1.54) is 0 Å². The molecule has 0 saturated carbocycles. The van der Waals surface area contributed by atoms with Gasteiger partial charge in [-0.15, -0.1) is 11.8 Å². The number of hydrogen-bond donors (Lipinski definition) is 1. The Bertz CT molecular complexity index is 201. The van der Waals surface area contributed by atoms with Gasteiger partial charge in [-0.25, -0.2) is 0 Å². The molecule has 0 fully saturated rings. The van der Waals surface area contributed by atoms with Crippen LogP contribution in [0, 0.1) is 0 Å². The zero-order chi connectivity index (χ0) is 8.10. The number of hydrogen-bond acceptors (Lipinski definition) is 3. The highest BCUT2D eigenvalue weighted by atomic mass is 32.2. The summed E-state index contributed by atoms with van der Waals surface area (Å²) in [6.07, 6.45) is 3.29. The van der Waals surface area contributed by atoms with Crippen LogP contribution < -0.4 is 0 Å². The summed E-state index contributed by atoms with van der Waals surface area (Å²) in [5.41, 5.74) is 0. The average Bonchev–Trinajstić information content (AvgIpc) is 2.03. The maximum Gasteiger partial charge on any atom is 0.0606 e. The average molecular weight is 169 g/mol. The summed E-state index contributed by atoms with van der Waals surface area (Å²) in [7, 11) is 0. The number of rotatable bonds is 3. The molecule has 0 aliphatic rings. The van der Waals surface area contributed by atoms with Crippen LogP contribution >= 0.6 is 11.8 Å². The van der Waals surface area contributed by atoms with Crippen LogP contribution in [-0.2, 0) is 0 Å². The van der Waals surface area contributed by atoms with Gasteiger partial charge in [0.05, 0.1) is 6.10 Å². The lowest BCUT2D eigenvalue weighted by Crippen LogP contribution is -2.02. The lowest BCUT2D eigenvalue weighted by molar-refractivity contribution is 0.220. The molecule has 0 aliphatic carbocycles. The molecule has 1 rings (SSSR count). The summed E-state index contributed by atoms with van der Waals surface area (Å²) in [4.78, 5) is 5.07. The molecule has 0 amide bonds. The van der Waals surface area contributed by atoms with E-state index in [4.69, 9.17) is 5.11 Å². The van der Waals surface area contributed by atoms with Gasteiger partial charge in [-0.1, -0.05) is 0 Å². The number of aliphatic hydroxyl groups excluding tert-OH is 1. The van der Waals surface area contributed by atoms with Crippen molar-refractivity contribution in [3.63, 3.8) is 0 Å². The predicted octanol–water partition coefficient (Wildman–Crippen LogP) is 1.55. The van der Waals surface area contributed by atoms with Crippen LogP contribution in [0.25, 0.3) is 0 Å². The summed E-state index contributed by atoms with van der Waals surface area (Å²) in [5.74, 6) is 0.728. The molecule has 1 unspecified atom stereocenters. The van der Waals surface area contributed by atoms with Gasteiger partial charge in [-0.05, 0) is 19.1 Å². The number of pyridine rings is 1. The molecule has 0 radical (unpaired) electrons. The highest BCUT2D eigenvalue weighted by molar-refractivity contribution is 7.99. The molecule has 60 valence electrons. The molecule has 3 heteroatoms. The molecule has 1 aromatic heterocycles. The van der Waals surface area contributed by atoms with E-state index in [2.05, 4.69) is 4.98 Å². The first-order valence-electron chi connectivity index (χ1n) is 3.50. The van der Waals surface area contributed by atoms with Crippen LogP contribution in [0.15, 0.2) is 29.4 Å². The zero-order valence-corrected chi connectivity index (χ0v) is 7.21. The van der Waals surface area contributed by atoms with Gasteiger partial charge in [-0.3, -0.25) is 4.98 Å². The molecule has 1 atom stereocenters. The van der Waals surface area contributed by atoms with Crippen molar-refractivity contribution in [2.75, 3.05) is 5.75 Å². The summed E-state index contributed by atoms with van der Waals surface area (Å²) in [5, 5.41) is 8.97. The predicted molar refractivity (Wildman–Crippen MR) is 46.6 cm³/mol. The van der Waals surface area contributed by atoms with Crippen molar-refractivity contribution in [3.8, 4) is 0 Å². The second kappa shape index (κ2) is 4.36. The van der Waals surface area contributed by atoms with Crippen molar-refractivity contribution in [2.45, 2.75) is 17.9 Å².